The summed E-state index contributed by atoms with van der Waals surface area (Å²) in [5, 5.41) is 3.45. The van der Waals surface area contributed by atoms with E-state index in [1.54, 1.807) is 0 Å². The van der Waals surface area contributed by atoms with E-state index in [1.807, 2.05) is 6.26 Å². The maximum absolute atomic E-state index is 5.67. The van der Waals surface area contributed by atoms with Gasteiger partial charge in [0.15, 0.2) is 0 Å². The van der Waals surface area contributed by atoms with Gasteiger partial charge in [-0.25, -0.2) is 0 Å². The summed E-state index contributed by atoms with van der Waals surface area (Å²) in [5.74, 6) is 2.03. The van der Waals surface area contributed by atoms with Gasteiger partial charge >= 0.3 is 0 Å². The molecule has 0 bridgehead atoms. The first-order valence-corrected chi connectivity index (χ1v) is 8.24. The Kier molecular flexibility index (Phi) is 6.61. The second kappa shape index (κ2) is 8.48. The van der Waals surface area contributed by atoms with Crippen molar-refractivity contribution in [2.75, 3.05) is 20.1 Å². The van der Waals surface area contributed by atoms with Crippen molar-refractivity contribution < 1.29 is 4.42 Å². The molecule has 0 saturated heterocycles. The van der Waals surface area contributed by atoms with Crippen LogP contribution < -0.4 is 5.32 Å². The molecule has 3 nitrogen and oxygen atoms in total. The summed E-state index contributed by atoms with van der Waals surface area (Å²) >= 11 is 0. The molecule has 2 rings (SSSR count). The number of hydrogen-bond donors (Lipinski definition) is 1. The molecule has 1 heterocycles. The minimum absolute atomic E-state index is 0.894. The van der Waals surface area contributed by atoms with Crippen LogP contribution in [0, 0.1) is 5.92 Å². The van der Waals surface area contributed by atoms with E-state index in [0.717, 1.165) is 31.3 Å². The van der Waals surface area contributed by atoms with Gasteiger partial charge in [0.25, 0.3) is 0 Å². The zero-order chi connectivity index (χ0) is 14.2. The van der Waals surface area contributed by atoms with Crippen LogP contribution in [0.5, 0.6) is 0 Å². The Morgan fingerprint density at radius 1 is 1.30 bits per heavy atom. The quantitative estimate of drug-likeness (QED) is 0.733. The molecule has 0 radical (unpaired) electrons. The number of nitrogens with one attached hydrogen (secondary N) is 1. The fraction of sp³-hybridized carbons (Fsp3) is 0.765. The lowest BCUT2D eigenvalue weighted by Crippen LogP contribution is -2.27. The Morgan fingerprint density at radius 3 is 2.85 bits per heavy atom. The highest BCUT2D eigenvalue weighted by molar-refractivity contribution is 5.16. The molecule has 0 atom stereocenters. The first-order chi connectivity index (χ1) is 9.79. The third-order valence-corrected chi connectivity index (χ3v) is 4.29. The Morgan fingerprint density at radius 2 is 2.10 bits per heavy atom. The van der Waals surface area contributed by atoms with Crippen molar-refractivity contribution in [3.8, 4) is 0 Å². The summed E-state index contributed by atoms with van der Waals surface area (Å²) in [5.41, 5.74) is 1.31. The Labute approximate surface area is 123 Å². The minimum atomic E-state index is 0.894. The highest BCUT2D eigenvalue weighted by Gasteiger charge is 2.16. The fourth-order valence-corrected chi connectivity index (χ4v) is 3.18. The molecule has 0 spiro atoms. The first kappa shape index (κ1) is 15.6. The van der Waals surface area contributed by atoms with E-state index < -0.39 is 0 Å². The van der Waals surface area contributed by atoms with Crippen molar-refractivity contribution in [3.63, 3.8) is 0 Å². The smallest absolute Gasteiger partial charge is 0.122 e. The summed E-state index contributed by atoms with van der Waals surface area (Å²) in [7, 11) is 2.22. The van der Waals surface area contributed by atoms with Crippen LogP contribution in [0.1, 0.15) is 56.8 Å². The van der Waals surface area contributed by atoms with Crippen molar-refractivity contribution >= 4 is 0 Å². The van der Waals surface area contributed by atoms with Gasteiger partial charge in [-0.15, -0.1) is 0 Å². The molecule has 1 aromatic rings. The summed E-state index contributed by atoms with van der Waals surface area (Å²) < 4.78 is 5.67. The summed E-state index contributed by atoms with van der Waals surface area (Å²) in [6.45, 7) is 6.34. The molecule has 1 saturated carbocycles. The number of rotatable bonds is 8. The monoisotopic (exact) mass is 278 g/mol. The summed E-state index contributed by atoms with van der Waals surface area (Å²) in [6.07, 6.45) is 10.1. The van der Waals surface area contributed by atoms with E-state index in [1.165, 1.54) is 50.6 Å². The van der Waals surface area contributed by atoms with Crippen LogP contribution in [0.25, 0.3) is 0 Å². The van der Waals surface area contributed by atoms with E-state index >= 15 is 0 Å². The lowest BCUT2D eigenvalue weighted by Gasteiger charge is -2.26. The molecular formula is C17H30N2O. The van der Waals surface area contributed by atoms with E-state index in [9.17, 15) is 0 Å². The van der Waals surface area contributed by atoms with E-state index in [2.05, 4.69) is 30.3 Å². The van der Waals surface area contributed by atoms with Crippen LogP contribution in [0.4, 0.5) is 0 Å². The van der Waals surface area contributed by atoms with Crippen molar-refractivity contribution in [3.05, 3.63) is 23.7 Å². The highest BCUT2D eigenvalue weighted by Crippen LogP contribution is 2.24. The van der Waals surface area contributed by atoms with Crippen molar-refractivity contribution in [1.82, 2.24) is 10.2 Å². The summed E-state index contributed by atoms with van der Waals surface area (Å²) in [6, 6.07) is 2.10. The lowest BCUT2D eigenvalue weighted by atomic mass is 9.89. The summed E-state index contributed by atoms with van der Waals surface area (Å²) in [4.78, 5) is 2.43. The van der Waals surface area contributed by atoms with Crippen molar-refractivity contribution in [1.29, 1.82) is 0 Å². The van der Waals surface area contributed by atoms with Crippen LogP contribution in [-0.4, -0.2) is 25.0 Å². The van der Waals surface area contributed by atoms with Crippen molar-refractivity contribution in [2.24, 2.45) is 5.92 Å². The third-order valence-electron chi connectivity index (χ3n) is 4.29. The standard InChI is InChI=1S/C17H30N2O/c1-3-10-18-12-16-9-11-20-17(16)14-19(2)13-15-7-5-4-6-8-15/h9,11,15,18H,3-8,10,12-14H2,1-2H3. The average Bonchev–Trinajstić information content (AvgIpc) is 2.87. The molecule has 1 aliphatic rings. The van der Waals surface area contributed by atoms with Gasteiger partial charge in [0.1, 0.15) is 5.76 Å². The Bertz CT molecular complexity index is 369. The molecule has 0 aliphatic heterocycles. The Balaban J connectivity index is 1.78. The van der Waals surface area contributed by atoms with Crippen LogP contribution in [0.2, 0.25) is 0 Å². The molecule has 1 aromatic heterocycles. The predicted molar refractivity (Wildman–Crippen MR) is 83.6 cm³/mol. The van der Waals surface area contributed by atoms with Crippen LogP contribution in [0.3, 0.4) is 0 Å². The molecule has 20 heavy (non-hydrogen) atoms. The molecule has 114 valence electrons. The van der Waals surface area contributed by atoms with E-state index in [0.29, 0.717) is 0 Å². The van der Waals surface area contributed by atoms with E-state index in [4.69, 9.17) is 4.42 Å². The number of hydrogen-bond acceptors (Lipinski definition) is 3. The van der Waals surface area contributed by atoms with Gasteiger partial charge in [0.05, 0.1) is 12.8 Å². The lowest BCUT2D eigenvalue weighted by molar-refractivity contribution is 0.215. The second-order valence-electron chi connectivity index (χ2n) is 6.25. The molecule has 1 aliphatic carbocycles. The molecule has 1 N–H and O–H groups in total. The SMILES string of the molecule is CCCNCc1ccoc1CN(C)CC1CCCCC1. The highest BCUT2D eigenvalue weighted by atomic mass is 16.3. The zero-order valence-corrected chi connectivity index (χ0v) is 13.2. The third kappa shape index (κ3) is 4.95. The van der Waals surface area contributed by atoms with Crippen molar-refractivity contribution in [2.45, 2.75) is 58.5 Å². The molecular weight excluding hydrogens is 248 g/mol. The molecule has 0 unspecified atom stereocenters. The molecule has 3 heteroatoms. The normalized spacial score (nSPS) is 16.9. The number of furan rings is 1. The van der Waals surface area contributed by atoms with Gasteiger partial charge in [-0.1, -0.05) is 26.2 Å². The second-order valence-corrected chi connectivity index (χ2v) is 6.25. The van der Waals surface area contributed by atoms with Gasteiger partial charge in [-0.3, -0.25) is 4.90 Å². The van der Waals surface area contributed by atoms with Gasteiger partial charge in [0.2, 0.25) is 0 Å². The van der Waals surface area contributed by atoms with Gasteiger partial charge in [0, 0.05) is 18.7 Å². The topological polar surface area (TPSA) is 28.4 Å². The number of nitrogens with zero attached hydrogens (tertiary/aromatic N) is 1. The maximum Gasteiger partial charge on any atom is 0.122 e. The first-order valence-electron chi connectivity index (χ1n) is 8.24. The van der Waals surface area contributed by atoms with Gasteiger partial charge in [-0.05, 0) is 44.8 Å². The van der Waals surface area contributed by atoms with Crippen LogP contribution in [0.15, 0.2) is 16.7 Å². The minimum Gasteiger partial charge on any atom is -0.468 e. The van der Waals surface area contributed by atoms with Gasteiger partial charge < -0.3 is 9.73 Å². The van der Waals surface area contributed by atoms with Gasteiger partial charge in [-0.2, -0.15) is 0 Å². The molecule has 1 fully saturated rings. The average molecular weight is 278 g/mol. The van der Waals surface area contributed by atoms with E-state index in [-0.39, 0.29) is 0 Å². The Hall–Kier alpha value is -0.800. The zero-order valence-electron chi connectivity index (χ0n) is 13.2. The predicted octanol–water partition coefficient (Wildman–Crippen LogP) is 3.79. The molecule has 0 aromatic carbocycles. The van der Waals surface area contributed by atoms with Crippen LogP contribution >= 0.6 is 0 Å². The van der Waals surface area contributed by atoms with Crippen LogP contribution in [-0.2, 0) is 13.1 Å². The maximum atomic E-state index is 5.67. The fourth-order valence-electron chi connectivity index (χ4n) is 3.18. The molecule has 0 amide bonds. The largest absolute Gasteiger partial charge is 0.468 e.